The van der Waals surface area contributed by atoms with Gasteiger partial charge in [-0.25, -0.2) is 19.9 Å². The van der Waals surface area contributed by atoms with E-state index in [0.717, 1.165) is 102 Å². The van der Waals surface area contributed by atoms with Crippen molar-refractivity contribution in [2.24, 2.45) is 4.99 Å². The number of allylic oxidation sites excluding steroid dienone is 2. The minimum absolute atomic E-state index is 0.0928. The van der Waals surface area contributed by atoms with E-state index in [1.54, 1.807) is 0 Å². The fourth-order valence-electron chi connectivity index (χ4n) is 9.16. The molecule has 2 atom stereocenters. The summed E-state index contributed by atoms with van der Waals surface area (Å²) in [7, 11) is 0. The Bertz CT molecular complexity index is 3290. The number of aryl methyl sites for hydroxylation is 1. The van der Waals surface area contributed by atoms with E-state index in [4.69, 9.17) is 29.7 Å². The summed E-state index contributed by atoms with van der Waals surface area (Å²) in [5.41, 5.74) is 15.5. The molecule has 2 aliphatic heterocycles. The van der Waals surface area contributed by atoms with Crippen LogP contribution in [0.1, 0.15) is 29.3 Å². The molecule has 6 nitrogen and oxygen atoms in total. The molecule has 0 N–H and O–H groups in total. The molecule has 298 valence electrons. The lowest BCUT2D eigenvalue weighted by atomic mass is 9.80. The Hall–Kier alpha value is -8.09. The summed E-state index contributed by atoms with van der Waals surface area (Å²) >= 11 is 0. The Balaban J connectivity index is 1.01. The number of hydrogen-bond donors (Lipinski definition) is 0. The molecule has 1 aliphatic carbocycles. The van der Waals surface area contributed by atoms with Gasteiger partial charge in [-0.3, -0.25) is 4.99 Å². The van der Waals surface area contributed by atoms with Crippen molar-refractivity contribution in [2.45, 2.75) is 24.9 Å². The molecule has 0 saturated carbocycles. The summed E-state index contributed by atoms with van der Waals surface area (Å²) in [6, 6.07) is 65.1. The van der Waals surface area contributed by atoms with Crippen LogP contribution in [0.15, 0.2) is 211 Å². The molecule has 6 heteroatoms. The lowest BCUT2D eigenvalue weighted by molar-refractivity contribution is 0.262. The molecule has 9 aromatic rings. The SMILES string of the molecule is C1=C(c2nc(-c3ccccc3)nc(-c3ccc(-c4ccccc4)cc3)n2)C=C(C2=Nc3c(ccc4ccc(-c5ccccc5)nc34)CC2)C2Oc3cc(-c4ccccc4)ccc3C12. The number of aliphatic imine (C=N–C) groups is 1. The van der Waals surface area contributed by atoms with Gasteiger partial charge >= 0.3 is 0 Å². The number of hydrogen-bond acceptors (Lipinski definition) is 6. The van der Waals surface area contributed by atoms with E-state index in [9.17, 15) is 0 Å². The Kier molecular flexibility index (Phi) is 9.00. The Labute approximate surface area is 365 Å². The first kappa shape index (κ1) is 36.7. The van der Waals surface area contributed by atoms with Crippen LogP contribution in [0.25, 0.3) is 72.8 Å². The number of rotatable bonds is 7. The molecule has 4 heterocycles. The zero-order valence-corrected chi connectivity index (χ0v) is 34.3. The summed E-state index contributed by atoms with van der Waals surface area (Å²) in [5, 5.41) is 1.07. The summed E-state index contributed by atoms with van der Waals surface area (Å²) in [6.07, 6.45) is 5.83. The van der Waals surface area contributed by atoms with Crippen molar-refractivity contribution in [3.63, 3.8) is 0 Å². The molecule has 0 radical (unpaired) electrons. The van der Waals surface area contributed by atoms with Crippen LogP contribution in [0.3, 0.4) is 0 Å². The van der Waals surface area contributed by atoms with Gasteiger partial charge in [0.25, 0.3) is 0 Å². The summed E-state index contributed by atoms with van der Waals surface area (Å²) in [4.78, 5) is 26.3. The van der Waals surface area contributed by atoms with Crippen LogP contribution >= 0.6 is 0 Å². The maximum absolute atomic E-state index is 7.05. The molecule has 12 rings (SSSR count). The van der Waals surface area contributed by atoms with Crippen LogP contribution in [0.4, 0.5) is 5.69 Å². The smallest absolute Gasteiger partial charge is 0.164 e. The third-order valence-corrected chi connectivity index (χ3v) is 12.4. The van der Waals surface area contributed by atoms with E-state index in [2.05, 4.69) is 164 Å². The van der Waals surface area contributed by atoms with Crippen molar-refractivity contribution in [1.29, 1.82) is 0 Å². The summed E-state index contributed by atoms with van der Waals surface area (Å²) in [5.74, 6) is 2.62. The van der Waals surface area contributed by atoms with Crippen LogP contribution in [-0.4, -0.2) is 31.8 Å². The van der Waals surface area contributed by atoms with Gasteiger partial charge in [0.05, 0.1) is 16.9 Å². The van der Waals surface area contributed by atoms with Gasteiger partial charge in [-0.05, 0) is 58.9 Å². The maximum atomic E-state index is 7.05. The first-order chi connectivity index (χ1) is 31.2. The summed E-state index contributed by atoms with van der Waals surface area (Å²) in [6.45, 7) is 0. The normalized spacial score (nSPS) is 16.2. The second-order valence-electron chi connectivity index (χ2n) is 16.3. The van der Waals surface area contributed by atoms with Gasteiger partial charge in [-0.1, -0.05) is 182 Å². The highest BCUT2D eigenvalue weighted by Crippen LogP contribution is 2.49. The van der Waals surface area contributed by atoms with Crippen molar-refractivity contribution < 1.29 is 4.74 Å². The highest BCUT2D eigenvalue weighted by molar-refractivity contribution is 6.09. The van der Waals surface area contributed by atoms with Crippen LogP contribution in [-0.2, 0) is 6.42 Å². The Morgan fingerprint density at radius 3 is 1.71 bits per heavy atom. The molecule has 0 saturated heterocycles. The number of ether oxygens (including phenoxy) is 1. The van der Waals surface area contributed by atoms with Crippen LogP contribution in [0.5, 0.6) is 5.75 Å². The fourth-order valence-corrected chi connectivity index (χ4v) is 9.16. The van der Waals surface area contributed by atoms with Gasteiger partial charge in [0.15, 0.2) is 17.5 Å². The second kappa shape index (κ2) is 15.4. The largest absolute Gasteiger partial charge is 0.484 e. The van der Waals surface area contributed by atoms with E-state index < -0.39 is 0 Å². The predicted molar refractivity (Wildman–Crippen MR) is 254 cm³/mol. The molecule has 63 heavy (non-hydrogen) atoms. The molecule has 3 aliphatic rings. The number of fused-ring (bicyclic) bond motifs is 6. The number of pyridine rings is 1. The second-order valence-corrected chi connectivity index (χ2v) is 16.3. The standard InChI is InChI=1S/C57H39N5O/c1-5-13-36(14-6-1)38-21-25-43(26-22-38)56-60-55(42-19-11-4-12-20-42)61-57(62-56)45-33-47-46-30-27-44(37-15-7-2-8-16-37)35-51(46)63-54(47)48(34-45)50-32-29-41-24-23-40-28-31-49(39-17-9-3-10-18-39)58-52(40)53(41)59-50/h1-28,30-31,33-35,47,54H,29,32H2. The van der Waals surface area contributed by atoms with Crippen LogP contribution in [0, 0.1) is 0 Å². The molecule has 0 bridgehead atoms. The van der Waals surface area contributed by atoms with Crippen molar-refractivity contribution in [2.75, 3.05) is 0 Å². The third-order valence-electron chi connectivity index (χ3n) is 12.4. The van der Waals surface area contributed by atoms with Gasteiger partial charge < -0.3 is 4.74 Å². The van der Waals surface area contributed by atoms with Gasteiger partial charge in [0, 0.05) is 50.4 Å². The molecule has 0 spiro atoms. The monoisotopic (exact) mass is 809 g/mol. The lowest BCUT2D eigenvalue weighted by Crippen LogP contribution is -2.29. The van der Waals surface area contributed by atoms with Gasteiger partial charge in [-0.15, -0.1) is 0 Å². The molecular formula is C57H39N5O. The minimum Gasteiger partial charge on any atom is -0.484 e. The van der Waals surface area contributed by atoms with Crippen molar-refractivity contribution >= 4 is 27.9 Å². The molecule has 0 fully saturated rings. The Morgan fingerprint density at radius 2 is 1.02 bits per heavy atom. The van der Waals surface area contributed by atoms with Gasteiger partial charge in [0.1, 0.15) is 11.9 Å². The van der Waals surface area contributed by atoms with Crippen molar-refractivity contribution in [3.05, 3.63) is 223 Å². The highest BCUT2D eigenvalue weighted by atomic mass is 16.5. The van der Waals surface area contributed by atoms with E-state index in [1.165, 1.54) is 5.56 Å². The Morgan fingerprint density at radius 1 is 0.460 bits per heavy atom. The zero-order chi connectivity index (χ0) is 41.7. The van der Waals surface area contributed by atoms with Gasteiger partial charge in [-0.2, -0.15) is 0 Å². The van der Waals surface area contributed by atoms with Crippen molar-refractivity contribution in [1.82, 2.24) is 19.9 Å². The fraction of sp³-hybridized carbons (Fsp3) is 0.0702. The molecule has 2 unspecified atom stereocenters. The maximum Gasteiger partial charge on any atom is 0.164 e. The number of aromatic nitrogens is 4. The first-order valence-corrected chi connectivity index (χ1v) is 21.5. The average molecular weight is 810 g/mol. The number of benzene rings is 7. The molecule has 2 aromatic heterocycles. The predicted octanol–water partition coefficient (Wildman–Crippen LogP) is 13.3. The molecule has 0 amide bonds. The first-order valence-electron chi connectivity index (χ1n) is 21.5. The average Bonchev–Trinajstić information content (AvgIpc) is 3.74. The highest BCUT2D eigenvalue weighted by Gasteiger charge is 2.41. The third kappa shape index (κ3) is 6.82. The van der Waals surface area contributed by atoms with Crippen LogP contribution < -0.4 is 4.74 Å². The van der Waals surface area contributed by atoms with E-state index in [-0.39, 0.29) is 12.0 Å². The number of nitrogens with zero attached hydrogens (tertiary/aromatic N) is 5. The van der Waals surface area contributed by atoms with E-state index in [1.807, 2.05) is 36.4 Å². The topological polar surface area (TPSA) is 73.2 Å². The molecule has 7 aromatic carbocycles. The van der Waals surface area contributed by atoms with Gasteiger partial charge in [0.2, 0.25) is 0 Å². The van der Waals surface area contributed by atoms with Crippen molar-refractivity contribution in [3.8, 4) is 62.0 Å². The minimum atomic E-state index is -0.279. The molecular weight excluding hydrogens is 771 g/mol. The summed E-state index contributed by atoms with van der Waals surface area (Å²) < 4.78 is 7.05. The van der Waals surface area contributed by atoms with Crippen LogP contribution in [0.2, 0.25) is 0 Å². The quantitative estimate of drug-likeness (QED) is 0.160. The van der Waals surface area contributed by atoms with E-state index >= 15 is 0 Å². The van der Waals surface area contributed by atoms with E-state index in [0.29, 0.717) is 17.5 Å². The zero-order valence-electron chi connectivity index (χ0n) is 34.3. The lowest BCUT2D eigenvalue weighted by Gasteiger charge is -2.28.